The van der Waals surface area contributed by atoms with E-state index in [1.165, 1.54) is 6.07 Å². The molecule has 2 nitrogen and oxygen atoms in total. The average molecular weight is 283 g/mol. The zero-order valence-corrected chi connectivity index (χ0v) is 11.2. The number of nitriles is 1. The molecule has 1 fully saturated rings. The minimum Gasteiger partial charge on any atom is -0.489 e. The van der Waals surface area contributed by atoms with Crippen molar-refractivity contribution in [2.24, 2.45) is 5.92 Å². The third-order valence-electron chi connectivity index (χ3n) is 3.74. The third-order valence-corrected chi connectivity index (χ3v) is 3.74. The molecule has 0 amide bonds. The second kappa shape index (κ2) is 5.74. The molecule has 0 heterocycles. The molecule has 2 atom stereocenters. The van der Waals surface area contributed by atoms with Crippen molar-refractivity contribution in [2.75, 3.05) is 0 Å². The number of halogens is 3. The van der Waals surface area contributed by atoms with Crippen LogP contribution in [0.1, 0.15) is 43.7 Å². The molecule has 0 aliphatic heterocycles. The number of alkyl halides is 3. The van der Waals surface area contributed by atoms with Crippen molar-refractivity contribution < 1.29 is 17.9 Å². The Bertz CT molecular complexity index is 519. The fourth-order valence-corrected chi connectivity index (χ4v) is 2.52. The van der Waals surface area contributed by atoms with Crippen molar-refractivity contribution in [3.63, 3.8) is 0 Å². The van der Waals surface area contributed by atoms with E-state index in [9.17, 15) is 13.2 Å². The first-order chi connectivity index (χ1) is 9.41. The van der Waals surface area contributed by atoms with E-state index in [4.69, 9.17) is 10.00 Å². The highest BCUT2D eigenvalue weighted by atomic mass is 19.4. The maximum Gasteiger partial charge on any atom is 0.416 e. The molecule has 1 saturated carbocycles. The minimum atomic E-state index is -4.44. The van der Waals surface area contributed by atoms with E-state index in [1.54, 1.807) is 6.07 Å². The lowest BCUT2D eigenvalue weighted by atomic mass is 9.88. The number of benzene rings is 1. The molecule has 0 bridgehead atoms. The van der Waals surface area contributed by atoms with Crippen LogP contribution in [0.2, 0.25) is 0 Å². The van der Waals surface area contributed by atoms with Crippen LogP contribution in [-0.2, 0) is 6.18 Å². The molecule has 1 aromatic rings. The lowest BCUT2D eigenvalue weighted by Gasteiger charge is -2.29. The molecule has 1 aliphatic rings. The van der Waals surface area contributed by atoms with E-state index < -0.39 is 11.7 Å². The summed E-state index contributed by atoms with van der Waals surface area (Å²) >= 11 is 0. The molecule has 0 N–H and O–H groups in total. The van der Waals surface area contributed by atoms with Crippen LogP contribution in [0.3, 0.4) is 0 Å². The summed E-state index contributed by atoms with van der Waals surface area (Å²) in [6.07, 6.45) is -0.327. The Morgan fingerprint density at radius 2 is 1.95 bits per heavy atom. The van der Waals surface area contributed by atoms with Gasteiger partial charge in [-0.3, -0.25) is 0 Å². The first kappa shape index (κ1) is 14.7. The molecule has 0 radical (unpaired) electrons. The van der Waals surface area contributed by atoms with E-state index in [0.717, 1.165) is 37.8 Å². The smallest absolute Gasteiger partial charge is 0.416 e. The molecular weight excluding hydrogens is 267 g/mol. The highest BCUT2D eigenvalue weighted by molar-refractivity contribution is 5.46. The van der Waals surface area contributed by atoms with Gasteiger partial charge in [-0.15, -0.1) is 0 Å². The molecule has 108 valence electrons. The molecule has 0 aromatic heterocycles. The molecular formula is C15H16F3NO. The SMILES string of the molecule is CC1CCCCC1Oc1ccc(C(F)(F)F)cc1C#N. The average Bonchev–Trinajstić information content (AvgIpc) is 2.40. The van der Waals surface area contributed by atoms with Gasteiger partial charge in [-0.1, -0.05) is 13.3 Å². The summed E-state index contributed by atoms with van der Waals surface area (Å²) < 4.78 is 43.6. The maximum absolute atomic E-state index is 12.6. The topological polar surface area (TPSA) is 33.0 Å². The van der Waals surface area contributed by atoms with Gasteiger partial charge in [0.15, 0.2) is 0 Å². The molecule has 5 heteroatoms. The van der Waals surface area contributed by atoms with Crippen LogP contribution in [-0.4, -0.2) is 6.10 Å². The largest absolute Gasteiger partial charge is 0.489 e. The fraction of sp³-hybridized carbons (Fsp3) is 0.533. The van der Waals surface area contributed by atoms with Crippen molar-refractivity contribution >= 4 is 0 Å². The van der Waals surface area contributed by atoms with Crippen LogP contribution in [0.5, 0.6) is 5.75 Å². The predicted molar refractivity (Wildman–Crippen MR) is 68.2 cm³/mol. The lowest BCUT2D eigenvalue weighted by Crippen LogP contribution is -2.28. The minimum absolute atomic E-state index is 0.0208. The van der Waals surface area contributed by atoms with Crippen molar-refractivity contribution in [1.82, 2.24) is 0 Å². The zero-order chi connectivity index (χ0) is 14.8. The highest BCUT2D eigenvalue weighted by Gasteiger charge is 2.31. The summed E-state index contributed by atoms with van der Waals surface area (Å²) in [5, 5.41) is 9.01. The molecule has 2 rings (SSSR count). The Labute approximate surface area is 116 Å². The monoisotopic (exact) mass is 283 g/mol. The van der Waals surface area contributed by atoms with Crippen molar-refractivity contribution in [2.45, 2.75) is 44.9 Å². The third kappa shape index (κ3) is 3.24. The van der Waals surface area contributed by atoms with E-state index in [2.05, 4.69) is 6.92 Å². The van der Waals surface area contributed by atoms with Gasteiger partial charge in [0.2, 0.25) is 0 Å². The zero-order valence-electron chi connectivity index (χ0n) is 11.2. The first-order valence-electron chi connectivity index (χ1n) is 6.70. The lowest BCUT2D eigenvalue weighted by molar-refractivity contribution is -0.137. The van der Waals surface area contributed by atoms with Crippen LogP contribution in [0.15, 0.2) is 18.2 Å². The van der Waals surface area contributed by atoms with Gasteiger partial charge in [0, 0.05) is 0 Å². The Kier molecular flexibility index (Phi) is 4.22. The molecule has 2 unspecified atom stereocenters. The molecule has 0 saturated heterocycles. The number of hydrogen-bond acceptors (Lipinski definition) is 2. The van der Waals surface area contributed by atoms with Gasteiger partial charge in [0.1, 0.15) is 17.9 Å². The Morgan fingerprint density at radius 1 is 1.25 bits per heavy atom. The first-order valence-corrected chi connectivity index (χ1v) is 6.70. The van der Waals surface area contributed by atoms with Gasteiger partial charge in [0.25, 0.3) is 0 Å². The molecule has 1 aliphatic carbocycles. The van der Waals surface area contributed by atoms with E-state index >= 15 is 0 Å². The standard InChI is InChI=1S/C15H16F3NO/c1-10-4-2-3-5-13(10)20-14-7-6-12(15(16,17)18)8-11(14)9-19/h6-8,10,13H,2-5H2,1H3. The van der Waals surface area contributed by atoms with Gasteiger partial charge >= 0.3 is 6.18 Å². The summed E-state index contributed by atoms with van der Waals surface area (Å²) in [5.41, 5.74) is -0.879. The van der Waals surface area contributed by atoms with E-state index in [1.807, 2.05) is 0 Å². The van der Waals surface area contributed by atoms with Gasteiger partial charge in [-0.2, -0.15) is 18.4 Å². The summed E-state index contributed by atoms with van der Waals surface area (Å²) in [5.74, 6) is 0.608. The number of rotatable bonds is 2. The predicted octanol–water partition coefficient (Wildman–Crippen LogP) is 4.53. The van der Waals surface area contributed by atoms with Gasteiger partial charge in [-0.25, -0.2) is 0 Å². The Balaban J connectivity index is 2.22. The van der Waals surface area contributed by atoms with E-state index in [0.29, 0.717) is 5.92 Å². The summed E-state index contributed by atoms with van der Waals surface area (Å²) in [6, 6.07) is 4.85. The van der Waals surface area contributed by atoms with E-state index in [-0.39, 0.29) is 17.4 Å². The molecule has 20 heavy (non-hydrogen) atoms. The highest BCUT2D eigenvalue weighted by Crippen LogP contribution is 2.34. The Hall–Kier alpha value is -1.70. The van der Waals surface area contributed by atoms with Crippen molar-refractivity contribution in [3.05, 3.63) is 29.3 Å². The van der Waals surface area contributed by atoms with Crippen molar-refractivity contribution in [3.8, 4) is 11.8 Å². The Morgan fingerprint density at radius 3 is 2.55 bits per heavy atom. The summed E-state index contributed by atoms with van der Waals surface area (Å²) in [6.45, 7) is 2.07. The van der Waals surface area contributed by atoms with Crippen LogP contribution < -0.4 is 4.74 Å². The van der Waals surface area contributed by atoms with Crippen LogP contribution in [0, 0.1) is 17.2 Å². The van der Waals surface area contributed by atoms with Crippen LogP contribution in [0.4, 0.5) is 13.2 Å². The van der Waals surface area contributed by atoms with Crippen LogP contribution >= 0.6 is 0 Å². The number of hydrogen-bond donors (Lipinski definition) is 0. The maximum atomic E-state index is 12.6. The van der Waals surface area contributed by atoms with Gasteiger partial charge in [0.05, 0.1) is 11.1 Å². The van der Waals surface area contributed by atoms with Gasteiger partial charge in [-0.05, 0) is 43.4 Å². The normalized spacial score (nSPS) is 23.1. The van der Waals surface area contributed by atoms with Crippen LogP contribution in [0.25, 0.3) is 0 Å². The summed E-state index contributed by atoms with van der Waals surface area (Å²) in [7, 11) is 0. The number of ether oxygens (including phenoxy) is 1. The molecule has 0 spiro atoms. The van der Waals surface area contributed by atoms with Crippen molar-refractivity contribution in [1.29, 1.82) is 5.26 Å². The fourth-order valence-electron chi connectivity index (χ4n) is 2.52. The second-order valence-corrected chi connectivity index (χ2v) is 5.24. The number of nitrogens with zero attached hydrogens (tertiary/aromatic N) is 1. The van der Waals surface area contributed by atoms with Gasteiger partial charge < -0.3 is 4.74 Å². The second-order valence-electron chi connectivity index (χ2n) is 5.24. The summed E-state index contributed by atoms with van der Waals surface area (Å²) in [4.78, 5) is 0. The quantitative estimate of drug-likeness (QED) is 0.798. The molecule has 1 aromatic carbocycles.